The third kappa shape index (κ3) is 3.06. The second-order valence-corrected chi connectivity index (χ2v) is 4.61. The van der Waals surface area contributed by atoms with Gasteiger partial charge in [0, 0.05) is 26.0 Å². The molecule has 5 heteroatoms. The number of aryl methyl sites for hydroxylation is 1. The molecular weight excluding hydrogens is 176 g/mol. The number of hydrogen-bond acceptors (Lipinski definition) is 2. The number of rotatable bonds is 3. The molecule has 0 aliphatic heterocycles. The van der Waals surface area contributed by atoms with Gasteiger partial charge < -0.3 is 4.57 Å². The van der Waals surface area contributed by atoms with Crippen molar-refractivity contribution in [2.24, 2.45) is 7.05 Å². The lowest BCUT2D eigenvalue weighted by atomic mass is 10.4. The van der Waals surface area contributed by atoms with E-state index >= 15 is 0 Å². The van der Waals surface area contributed by atoms with Crippen LogP contribution in [0.15, 0.2) is 18.5 Å². The van der Waals surface area contributed by atoms with Crippen molar-refractivity contribution in [3.05, 3.63) is 24.0 Å². The van der Waals surface area contributed by atoms with Gasteiger partial charge in [-0.25, -0.2) is 13.1 Å². The summed E-state index contributed by atoms with van der Waals surface area (Å²) in [6, 6.07) is 1.87. The summed E-state index contributed by atoms with van der Waals surface area (Å²) in [4.78, 5) is 0. The average Bonchev–Trinajstić information content (AvgIpc) is 2.30. The van der Waals surface area contributed by atoms with Crippen molar-refractivity contribution in [2.75, 3.05) is 6.26 Å². The molecule has 0 bridgehead atoms. The Balaban J connectivity index is 2.55. The molecule has 12 heavy (non-hydrogen) atoms. The van der Waals surface area contributed by atoms with Gasteiger partial charge in [-0.3, -0.25) is 0 Å². The average molecular weight is 188 g/mol. The molecule has 0 unspecified atom stereocenters. The number of nitrogens with one attached hydrogen (secondary N) is 1. The first-order chi connectivity index (χ1) is 5.47. The Labute approximate surface area is 72.3 Å². The highest BCUT2D eigenvalue weighted by molar-refractivity contribution is 7.88. The van der Waals surface area contributed by atoms with E-state index < -0.39 is 10.0 Å². The fraction of sp³-hybridized carbons (Fsp3) is 0.429. The normalized spacial score (nSPS) is 11.8. The first-order valence-corrected chi connectivity index (χ1v) is 5.42. The predicted molar refractivity (Wildman–Crippen MR) is 47.1 cm³/mol. The maximum Gasteiger partial charge on any atom is 0.209 e. The monoisotopic (exact) mass is 188 g/mol. The van der Waals surface area contributed by atoms with Crippen LogP contribution in [-0.2, 0) is 23.6 Å². The molecule has 0 amide bonds. The standard InChI is InChI=1S/C7H12N2O2S/c1-9-4-3-7(6-9)5-8-12(2,10)11/h3-4,6,8H,5H2,1-2H3. The van der Waals surface area contributed by atoms with Crippen molar-refractivity contribution in [1.82, 2.24) is 9.29 Å². The fourth-order valence-electron chi connectivity index (χ4n) is 0.880. The second kappa shape index (κ2) is 3.28. The van der Waals surface area contributed by atoms with Crippen LogP contribution in [0.2, 0.25) is 0 Å². The Morgan fingerprint density at radius 3 is 2.67 bits per heavy atom. The molecule has 1 N–H and O–H groups in total. The summed E-state index contributed by atoms with van der Waals surface area (Å²) in [7, 11) is -1.18. The van der Waals surface area contributed by atoms with Crippen LogP contribution in [0.1, 0.15) is 5.56 Å². The first kappa shape index (κ1) is 9.28. The largest absolute Gasteiger partial charge is 0.357 e. The molecule has 1 aromatic rings. The van der Waals surface area contributed by atoms with Gasteiger partial charge in [0.05, 0.1) is 6.26 Å². The third-order valence-electron chi connectivity index (χ3n) is 1.43. The topological polar surface area (TPSA) is 51.1 Å². The minimum atomic E-state index is -3.07. The number of nitrogens with zero attached hydrogens (tertiary/aromatic N) is 1. The van der Waals surface area contributed by atoms with Crippen molar-refractivity contribution in [1.29, 1.82) is 0 Å². The van der Waals surface area contributed by atoms with E-state index in [2.05, 4.69) is 4.72 Å². The molecule has 0 radical (unpaired) electrons. The van der Waals surface area contributed by atoms with Gasteiger partial charge in [0.15, 0.2) is 0 Å². The summed E-state index contributed by atoms with van der Waals surface area (Å²) in [6.45, 7) is 0.361. The molecule has 0 aliphatic rings. The molecule has 1 heterocycles. The zero-order valence-electron chi connectivity index (χ0n) is 7.11. The van der Waals surface area contributed by atoms with E-state index in [4.69, 9.17) is 0 Å². The molecule has 1 aromatic heterocycles. The molecule has 4 nitrogen and oxygen atoms in total. The van der Waals surface area contributed by atoms with E-state index in [-0.39, 0.29) is 0 Å². The highest BCUT2D eigenvalue weighted by atomic mass is 32.2. The van der Waals surface area contributed by atoms with Gasteiger partial charge >= 0.3 is 0 Å². The van der Waals surface area contributed by atoms with Crippen LogP contribution in [0.4, 0.5) is 0 Å². The fourth-order valence-corrected chi connectivity index (χ4v) is 1.31. The van der Waals surface area contributed by atoms with Gasteiger partial charge in [-0.1, -0.05) is 0 Å². The lowest BCUT2D eigenvalue weighted by Crippen LogP contribution is -2.20. The van der Waals surface area contributed by atoms with Gasteiger partial charge in [-0.05, 0) is 11.6 Å². The van der Waals surface area contributed by atoms with E-state index in [1.807, 2.05) is 30.1 Å². The minimum Gasteiger partial charge on any atom is -0.357 e. The highest BCUT2D eigenvalue weighted by Crippen LogP contribution is 1.98. The molecule has 0 saturated heterocycles. The molecular formula is C7H12N2O2S. The van der Waals surface area contributed by atoms with Gasteiger partial charge in [-0.2, -0.15) is 0 Å². The number of sulfonamides is 1. The Morgan fingerprint density at radius 2 is 2.25 bits per heavy atom. The van der Waals surface area contributed by atoms with Gasteiger partial charge in [0.1, 0.15) is 0 Å². The smallest absolute Gasteiger partial charge is 0.209 e. The quantitative estimate of drug-likeness (QED) is 0.730. The molecule has 0 atom stereocenters. The predicted octanol–water partition coefficient (Wildman–Crippen LogP) is 0.0743. The highest BCUT2D eigenvalue weighted by Gasteiger charge is 2.00. The summed E-state index contributed by atoms with van der Waals surface area (Å²) < 4.78 is 25.7. The summed E-state index contributed by atoms with van der Waals surface area (Å²) >= 11 is 0. The summed E-state index contributed by atoms with van der Waals surface area (Å²) in [5.74, 6) is 0. The molecule has 0 aliphatic carbocycles. The molecule has 68 valence electrons. The van der Waals surface area contributed by atoms with Crippen LogP contribution in [-0.4, -0.2) is 19.2 Å². The zero-order chi connectivity index (χ0) is 9.19. The van der Waals surface area contributed by atoms with Crippen molar-refractivity contribution in [3.8, 4) is 0 Å². The minimum absolute atomic E-state index is 0.361. The van der Waals surface area contributed by atoms with Crippen molar-refractivity contribution in [2.45, 2.75) is 6.54 Å². The van der Waals surface area contributed by atoms with Crippen molar-refractivity contribution in [3.63, 3.8) is 0 Å². The Hall–Kier alpha value is -0.810. The molecule has 0 spiro atoms. The molecule has 0 saturated carbocycles. The van der Waals surface area contributed by atoms with Crippen LogP contribution in [0, 0.1) is 0 Å². The van der Waals surface area contributed by atoms with Crippen LogP contribution < -0.4 is 4.72 Å². The van der Waals surface area contributed by atoms with Gasteiger partial charge in [0.2, 0.25) is 10.0 Å². The van der Waals surface area contributed by atoms with E-state index in [0.29, 0.717) is 6.54 Å². The van der Waals surface area contributed by atoms with Gasteiger partial charge in [-0.15, -0.1) is 0 Å². The summed E-state index contributed by atoms with van der Waals surface area (Å²) in [5.41, 5.74) is 0.961. The third-order valence-corrected chi connectivity index (χ3v) is 2.10. The Bertz CT molecular complexity index is 353. The molecule has 0 fully saturated rings. The molecule has 0 aromatic carbocycles. The summed E-state index contributed by atoms with van der Waals surface area (Å²) in [6.07, 6.45) is 4.90. The van der Waals surface area contributed by atoms with Crippen LogP contribution in [0.3, 0.4) is 0 Å². The van der Waals surface area contributed by atoms with Gasteiger partial charge in [0.25, 0.3) is 0 Å². The van der Waals surface area contributed by atoms with Crippen LogP contribution in [0.25, 0.3) is 0 Å². The number of aromatic nitrogens is 1. The maximum absolute atomic E-state index is 10.7. The molecule has 1 rings (SSSR count). The summed E-state index contributed by atoms with van der Waals surface area (Å²) in [5, 5.41) is 0. The first-order valence-electron chi connectivity index (χ1n) is 3.53. The Morgan fingerprint density at radius 1 is 1.58 bits per heavy atom. The van der Waals surface area contributed by atoms with Crippen LogP contribution >= 0.6 is 0 Å². The van der Waals surface area contributed by atoms with E-state index in [1.165, 1.54) is 0 Å². The van der Waals surface area contributed by atoms with Crippen molar-refractivity contribution < 1.29 is 8.42 Å². The van der Waals surface area contributed by atoms with Crippen LogP contribution in [0.5, 0.6) is 0 Å². The van der Waals surface area contributed by atoms with Crippen molar-refractivity contribution >= 4 is 10.0 Å². The SMILES string of the molecule is Cn1ccc(CNS(C)(=O)=O)c1. The lowest BCUT2D eigenvalue weighted by molar-refractivity contribution is 0.587. The van der Waals surface area contributed by atoms with E-state index in [1.54, 1.807) is 0 Å². The zero-order valence-corrected chi connectivity index (χ0v) is 7.93. The van der Waals surface area contributed by atoms with E-state index in [0.717, 1.165) is 11.8 Å². The maximum atomic E-state index is 10.7. The second-order valence-electron chi connectivity index (χ2n) is 2.78. The lowest BCUT2D eigenvalue weighted by Gasteiger charge is -1.98. The Kier molecular flexibility index (Phi) is 2.54. The number of hydrogen-bond donors (Lipinski definition) is 1. The van der Waals surface area contributed by atoms with E-state index in [9.17, 15) is 8.42 Å².